The SMILES string of the molecule is CC(C)NCc1csc(S(=O)(=O)NCc2nccn2C)c1. The second kappa shape index (κ2) is 6.69. The first-order valence-electron chi connectivity index (χ1n) is 6.65. The molecule has 0 bridgehead atoms. The van der Waals surface area contributed by atoms with E-state index in [1.165, 1.54) is 11.3 Å². The molecular weight excluding hydrogens is 308 g/mol. The second-order valence-electron chi connectivity index (χ2n) is 5.09. The topological polar surface area (TPSA) is 76.0 Å². The van der Waals surface area contributed by atoms with Gasteiger partial charge in [0.1, 0.15) is 10.0 Å². The summed E-state index contributed by atoms with van der Waals surface area (Å²) in [5.41, 5.74) is 0.978. The Hall–Kier alpha value is -1.22. The van der Waals surface area contributed by atoms with Crippen molar-refractivity contribution in [3.8, 4) is 0 Å². The summed E-state index contributed by atoms with van der Waals surface area (Å²) < 4.78 is 29.2. The Labute approximate surface area is 129 Å². The number of imidazole rings is 1. The molecule has 0 aromatic carbocycles. The van der Waals surface area contributed by atoms with Crippen molar-refractivity contribution in [3.63, 3.8) is 0 Å². The maximum atomic E-state index is 12.2. The first-order valence-corrected chi connectivity index (χ1v) is 9.01. The molecule has 2 aromatic heterocycles. The van der Waals surface area contributed by atoms with Gasteiger partial charge in [-0.05, 0) is 17.0 Å². The number of aromatic nitrogens is 2. The van der Waals surface area contributed by atoms with Crippen molar-refractivity contribution in [3.05, 3.63) is 35.2 Å². The predicted octanol–water partition coefficient (Wildman–Crippen LogP) is 1.46. The molecule has 0 spiro atoms. The van der Waals surface area contributed by atoms with Crippen LogP contribution in [0.3, 0.4) is 0 Å². The van der Waals surface area contributed by atoms with Crippen molar-refractivity contribution in [2.24, 2.45) is 7.05 Å². The van der Waals surface area contributed by atoms with E-state index in [0.29, 0.717) is 22.6 Å². The van der Waals surface area contributed by atoms with Gasteiger partial charge in [0.05, 0.1) is 6.54 Å². The van der Waals surface area contributed by atoms with Crippen LogP contribution < -0.4 is 10.0 Å². The standard InChI is InChI=1S/C13H20N4O2S2/c1-10(2)15-7-11-6-13(20-9-11)21(18,19)16-8-12-14-4-5-17(12)3/h4-6,9-10,15-16H,7-8H2,1-3H3. The van der Waals surface area contributed by atoms with Gasteiger partial charge < -0.3 is 9.88 Å². The van der Waals surface area contributed by atoms with Gasteiger partial charge in [-0.1, -0.05) is 13.8 Å². The Morgan fingerprint density at radius 3 is 2.76 bits per heavy atom. The molecule has 0 aliphatic carbocycles. The maximum absolute atomic E-state index is 12.2. The van der Waals surface area contributed by atoms with Crippen LogP contribution in [0, 0.1) is 0 Å². The molecule has 0 radical (unpaired) electrons. The van der Waals surface area contributed by atoms with Crippen molar-refractivity contribution in [1.29, 1.82) is 0 Å². The van der Waals surface area contributed by atoms with E-state index in [9.17, 15) is 8.42 Å². The normalized spacial score (nSPS) is 12.2. The van der Waals surface area contributed by atoms with Crippen LogP contribution in [0.15, 0.2) is 28.0 Å². The highest BCUT2D eigenvalue weighted by molar-refractivity contribution is 7.91. The summed E-state index contributed by atoms with van der Waals surface area (Å²) in [4.78, 5) is 4.10. The van der Waals surface area contributed by atoms with Gasteiger partial charge in [0.2, 0.25) is 10.0 Å². The van der Waals surface area contributed by atoms with Gasteiger partial charge in [0, 0.05) is 32.0 Å². The van der Waals surface area contributed by atoms with E-state index in [-0.39, 0.29) is 6.54 Å². The zero-order valence-electron chi connectivity index (χ0n) is 12.3. The van der Waals surface area contributed by atoms with Gasteiger partial charge in [-0.3, -0.25) is 0 Å². The van der Waals surface area contributed by atoms with E-state index >= 15 is 0 Å². The number of sulfonamides is 1. The van der Waals surface area contributed by atoms with E-state index in [4.69, 9.17) is 0 Å². The number of rotatable bonds is 7. The summed E-state index contributed by atoms with van der Waals surface area (Å²) >= 11 is 1.23. The fourth-order valence-corrected chi connectivity index (χ4v) is 3.94. The van der Waals surface area contributed by atoms with Gasteiger partial charge >= 0.3 is 0 Å². The molecule has 0 saturated heterocycles. The second-order valence-corrected chi connectivity index (χ2v) is 7.99. The Balaban J connectivity index is 2.01. The Kier molecular flexibility index (Phi) is 5.15. The molecule has 21 heavy (non-hydrogen) atoms. The molecule has 2 aromatic rings. The minimum absolute atomic E-state index is 0.184. The smallest absolute Gasteiger partial charge is 0.250 e. The third kappa shape index (κ3) is 4.37. The molecule has 0 atom stereocenters. The fourth-order valence-electron chi connectivity index (χ4n) is 1.71. The number of nitrogens with one attached hydrogen (secondary N) is 2. The zero-order valence-corrected chi connectivity index (χ0v) is 14.0. The van der Waals surface area contributed by atoms with E-state index in [1.807, 2.05) is 12.4 Å². The van der Waals surface area contributed by atoms with Gasteiger partial charge in [-0.2, -0.15) is 0 Å². The van der Waals surface area contributed by atoms with Crippen molar-refractivity contribution in [1.82, 2.24) is 19.6 Å². The monoisotopic (exact) mass is 328 g/mol. The summed E-state index contributed by atoms with van der Waals surface area (Å²) in [7, 11) is -1.65. The maximum Gasteiger partial charge on any atom is 0.250 e. The molecule has 0 unspecified atom stereocenters. The lowest BCUT2D eigenvalue weighted by molar-refractivity contribution is 0.578. The van der Waals surface area contributed by atoms with Crippen molar-refractivity contribution < 1.29 is 8.42 Å². The molecule has 0 amide bonds. The average molecular weight is 328 g/mol. The van der Waals surface area contributed by atoms with Crippen LogP contribution in [0.1, 0.15) is 25.2 Å². The van der Waals surface area contributed by atoms with E-state index < -0.39 is 10.0 Å². The number of nitrogens with zero attached hydrogens (tertiary/aromatic N) is 2. The molecule has 0 fully saturated rings. The average Bonchev–Trinajstić information content (AvgIpc) is 3.03. The van der Waals surface area contributed by atoms with Crippen LogP contribution in [-0.4, -0.2) is 24.0 Å². The highest BCUT2D eigenvalue weighted by Crippen LogP contribution is 2.20. The number of hydrogen-bond donors (Lipinski definition) is 2. The van der Waals surface area contributed by atoms with Gasteiger partial charge in [0.25, 0.3) is 0 Å². The minimum atomic E-state index is -3.48. The quantitative estimate of drug-likeness (QED) is 0.807. The van der Waals surface area contributed by atoms with E-state index in [2.05, 4.69) is 28.9 Å². The Morgan fingerprint density at radius 1 is 1.38 bits per heavy atom. The van der Waals surface area contributed by atoms with Crippen LogP contribution in [0.4, 0.5) is 0 Å². The first kappa shape index (κ1) is 16.2. The predicted molar refractivity (Wildman–Crippen MR) is 83.5 cm³/mol. The van der Waals surface area contributed by atoms with Crippen molar-refractivity contribution in [2.75, 3.05) is 0 Å². The van der Waals surface area contributed by atoms with Gasteiger partial charge in [0.15, 0.2) is 0 Å². The summed E-state index contributed by atoms with van der Waals surface area (Å²) in [6.07, 6.45) is 3.43. The number of aryl methyl sites for hydroxylation is 1. The lowest BCUT2D eigenvalue weighted by Gasteiger charge is -2.06. The Bertz CT molecular complexity index is 689. The summed E-state index contributed by atoms with van der Waals surface area (Å²) in [5, 5.41) is 5.13. The molecule has 0 aliphatic heterocycles. The Morgan fingerprint density at radius 2 is 2.14 bits per heavy atom. The third-order valence-electron chi connectivity index (χ3n) is 2.95. The molecule has 2 rings (SSSR count). The number of thiophene rings is 1. The molecule has 116 valence electrons. The molecule has 2 heterocycles. The molecule has 8 heteroatoms. The van der Waals surface area contributed by atoms with Gasteiger partial charge in [-0.25, -0.2) is 18.1 Å². The fraction of sp³-hybridized carbons (Fsp3) is 0.462. The van der Waals surface area contributed by atoms with E-state index in [0.717, 1.165) is 5.56 Å². The highest BCUT2D eigenvalue weighted by Gasteiger charge is 2.17. The van der Waals surface area contributed by atoms with Crippen LogP contribution in [0.25, 0.3) is 0 Å². The zero-order chi connectivity index (χ0) is 15.5. The third-order valence-corrected chi connectivity index (χ3v) is 5.84. The van der Waals surface area contributed by atoms with E-state index in [1.54, 1.807) is 23.0 Å². The van der Waals surface area contributed by atoms with Crippen LogP contribution >= 0.6 is 11.3 Å². The summed E-state index contributed by atoms with van der Waals surface area (Å²) in [6.45, 7) is 4.96. The van der Waals surface area contributed by atoms with Crippen LogP contribution in [0.5, 0.6) is 0 Å². The first-order chi connectivity index (χ1) is 9.88. The molecule has 6 nitrogen and oxygen atoms in total. The largest absolute Gasteiger partial charge is 0.337 e. The van der Waals surface area contributed by atoms with Gasteiger partial charge in [-0.15, -0.1) is 11.3 Å². The van der Waals surface area contributed by atoms with Crippen molar-refractivity contribution in [2.45, 2.75) is 37.2 Å². The molecule has 2 N–H and O–H groups in total. The molecular formula is C13H20N4O2S2. The summed E-state index contributed by atoms with van der Waals surface area (Å²) in [6, 6.07) is 2.08. The highest BCUT2D eigenvalue weighted by atomic mass is 32.2. The van der Waals surface area contributed by atoms with Crippen molar-refractivity contribution >= 4 is 21.4 Å². The number of hydrogen-bond acceptors (Lipinski definition) is 5. The molecule has 0 saturated carbocycles. The lowest BCUT2D eigenvalue weighted by atomic mass is 10.3. The molecule has 0 aliphatic rings. The minimum Gasteiger partial charge on any atom is -0.337 e. The van der Waals surface area contributed by atoms with Crippen LogP contribution in [0.2, 0.25) is 0 Å². The van der Waals surface area contributed by atoms with Crippen LogP contribution in [-0.2, 0) is 30.2 Å². The lowest BCUT2D eigenvalue weighted by Crippen LogP contribution is -2.24. The summed E-state index contributed by atoms with van der Waals surface area (Å²) in [5.74, 6) is 0.678.